The van der Waals surface area contributed by atoms with Crippen molar-refractivity contribution in [3.05, 3.63) is 58.2 Å². The van der Waals surface area contributed by atoms with Gasteiger partial charge in [-0.3, -0.25) is 9.59 Å². The zero-order valence-electron chi connectivity index (χ0n) is 12.4. The first kappa shape index (κ1) is 15.7. The normalized spacial score (nSPS) is 10.3. The summed E-state index contributed by atoms with van der Waals surface area (Å²) in [6, 6.07) is 4.69. The molecule has 122 valence electrons. The van der Waals surface area contributed by atoms with Crippen molar-refractivity contribution < 1.29 is 4.79 Å². The Kier molecular flexibility index (Phi) is 4.87. The number of carbonyl (C=O) groups excluding carboxylic acids is 1. The van der Waals surface area contributed by atoms with E-state index in [4.69, 9.17) is 0 Å². The van der Waals surface area contributed by atoms with Gasteiger partial charge in [-0.15, -0.1) is 11.3 Å². The van der Waals surface area contributed by atoms with Gasteiger partial charge < -0.3 is 10.6 Å². The summed E-state index contributed by atoms with van der Waals surface area (Å²) in [5.74, 6) is 0.0885. The largest absolute Gasteiger partial charge is 0.349 e. The van der Waals surface area contributed by atoms with E-state index in [2.05, 4.69) is 30.7 Å². The third kappa shape index (κ3) is 3.98. The first-order valence-corrected chi connectivity index (χ1v) is 7.90. The molecule has 0 spiro atoms. The van der Waals surface area contributed by atoms with Crippen LogP contribution in [-0.2, 0) is 6.54 Å². The van der Waals surface area contributed by atoms with Crippen LogP contribution in [0.25, 0.3) is 0 Å². The Morgan fingerprint density at radius 1 is 1.21 bits per heavy atom. The molecule has 0 aliphatic carbocycles. The van der Waals surface area contributed by atoms with Crippen LogP contribution >= 0.6 is 11.3 Å². The Labute approximate surface area is 140 Å². The first-order valence-electron chi connectivity index (χ1n) is 7.02. The topological polar surface area (TPSA) is 115 Å². The lowest BCUT2D eigenvalue weighted by Gasteiger charge is -2.04. The van der Waals surface area contributed by atoms with Gasteiger partial charge in [0.1, 0.15) is 5.69 Å². The van der Waals surface area contributed by atoms with Gasteiger partial charge in [-0.2, -0.15) is 5.10 Å². The summed E-state index contributed by atoms with van der Waals surface area (Å²) >= 11 is 1.27. The molecule has 0 aromatic carbocycles. The van der Waals surface area contributed by atoms with Crippen LogP contribution in [0.4, 0.5) is 11.1 Å². The average Bonchev–Trinajstić information content (AvgIpc) is 3.06. The van der Waals surface area contributed by atoms with E-state index in [1.807, 2.05) is 0 Å². The van der Waals surface area contributed by atoms with E-state index in [9.17, 15) is 9.59 Å². The van der Waals surface area contributed by atoms with Crippen molar-refractivity contribution >= 4 is 28.3 Å². The Bertz CT molecular complexity index is 878. The minimum absolute atomic E-state index is 0.213. The molecule has 0 radical (unpaired) electrons. The number of nitrogens with one attached hydrogen (secondary N) is 2. The van der Waals surface area contributed by atoms with Gasteiger partial charge >= 0.3 is 0 Å². The van der Waals surface area contributed by atoms with Gasteiger partial charge in [0.15, 0.2) is 5.13 Å². The minimum atomic E-state index is -0.322. The molecule has 0 saturated heterocycles. The summed E-state index contributed by atoms with van der Waals surface area (Å²) in [4.78, 5) is 35.8. The highest BCUT2D eigenvalue weighted by Crippen LogP contribution is 2.18. The van der Waals surface area contributed by atoms with Gasteiger partial charge in [0.05, 0.1) is 6.54 Å². The fraction of sp³-hybridized carbons (Fsp3) is 0.143. The molecule has 10 heteroatoms. The first-order chi connectivity index (χ1) is 11.7. The van der Waals surface area contributed by atoms with Crippen LogP contribution in [0.15, 0.2) is 47.0 Å². The molecular formula is C14H13N7O2S. The van der Waals surface area contributed by atoms with E-state index >= 15 is 0 Å². The molecule has 3 aromatic rings. The Morgan fingerprint density at radius 2 is 2.04 bits per heavy atom. The van der Waals surface area contributed by atoms with Crippen molar-refractivity contribution in [3.63, 3.8) is 0 Å². The number of anilines is 2. The predicted molar refractivity (Wildman–Crippen MR) is 88.3 cm³/mol. The number of hydrogen-bond donors (Lipinski definition) is 2. The van der Waals surface area contributed by atoms with E-state index in [1.165, 1.54) is 28.3 Å². The van der Waals surface area contributed by atoms with Crippen molar-refractivity contribution in [1.82, 2.24) is 30.0 Å². The van der Waals surface area contributed by atoms with E-state index < -0.39 is 0 Å². The summed E-state index contributed by atoms with van der Waals surface area (Å²) in [6.45, 7) is 0.566. The average molecular weight is 343 g/mol. The lowest BCUT2D eigenvalue weighted by molar-refractivity contribution is 0.0947. The molecule has 2 N–H and O–H groups in total. The predicted octanol–water partition coefficient (Wildman–Crippen LogP) is 0.663. The minimum Gasteiger partial charge on any atom is -0.349 e. The summed E-state index contributed by atoms with van der Waals surface area (Å²) in [7, 11) is 0. The zero-order chi connectivity index (χ0) is 16.8. The van der Waals surface area contributed by atoms with E-state index in [0.717, 1.165) is 0 Å². The number of amides is 1. The van der Waals surface area contributed by atoms with Gasteiger partial charge in [-0.25, -0.2) is 19.6 Å². The Morgan fingerprint density at radius 3 is 2.83 bits per heavy atom. The van der Waals surface area contributed by atoms with Crippen molar-refractivity contribution in [2.75, 3.05) is 11.9 Å². The van der Waals surface area contributed by atoms with Gasteiger partial charge in [-0.05, 0) is 12.1 Å². The number of hydrogen-bond acceptors (Lipinski definition) is 8. The van der Waals surface area contributed by atoms with Gasteiger partial charge in [0, 0.05) is 36.6 Å². The summed E-state index contributed by atoms with van der Waals surface area (Å²) in [5, 5.41) is 11.7. The number of aromatic nitrogens is 5. The molecule has 0 atom stereocenters. The monoisotopic (exact) mass is 343 g/mol. The van der Waals surface area contributed by atoms with Gasteiger partial charge in [0.2, 0.25) is 5.95 Å². The van der Waals surface area contributed by atoms with Crippen LogP contribution in [0.5, 0.6) is 0 Å². The number of carbonyl (C=O) groups is 1. The Hall–Kier alpha value is -3.14. The maximum atomic E-state index is 12.1. The quantitative estimate of drug-likeness (QED) is 0.676. The van der Waals surface area contributed by atoms with Crippen LogP contribution in [0.2, 0.25) is 0 Å². The molecule has 24 heavy (non-hydrogen) atoms. The second kappa shape index (κ2) is 7.42. The van der Waals surface area contributed by atoms with Crippen molar-refractivity contribution in [2.45, 2.75) is 6.54 Å². The summed E-state index contributed by atoms with van der Waals surface area (Å²) in [6.07, 6.45) is 4.74. The molecule has 9 nitrogen and oxygen atoms in total. The van der Waals surface area contributed by atoms with Crippen LogP contribution < -0.4 is 16.2 Å². The highest BCUT2D eigenvalue weighted by molar-refractivity contribution is 7.14. The second-order valence-corrected chi connectivity index (χ2v) is 5.43. The molecular weight excluding hydrogens is 330 g/mol. The van der Waals surface area contributed by atoms with Crippen LogP contribution in [-0.4, -0.2) is 37.2 Å². The lowest BCUT2D eigenvalue weighted by atomic mass is 10.4. The van der Waals surface area contributed by atoms with Crippen LogP contribution in [0.3, 0.4) is 0 Å². The fourth-order valence-corrected chi connectivity index (χ4v) is 2.50. The van der Waals surface area contributed by atoms with E-state index in [-0.39, 0.29) is 23.7 Å². The van der Waals surface area contributed by atoms with Crippen LogP contribution in [0.1, 0.15) is 10.5 Å². The highest BCUT2D eigenvalue weighted by Gasteiger charge is 2.11. The summed E-state index contributed by atoms with van der Waals surface area (Å²) < 4.78 is 1.28. The van der Waals surface area contributed by atoms with Gasteiger partial charge in [0.25, 0.3) is 11.5 Å². The smallest absolute Gasteiger partial charge is 0.270 e. The number of thiazole rings is 1. The molecule has 1 amide bonds. The van der Waals surface area contributed by atoms with Crippen molar-refractivity contribution in [3.8, 4) is 0 Å². The molecule has 0 aliphatic rings. The molecule has 0 saturated carbocycles. The van der Waals surface area contributed by atoms with Crippen molar-refractivity contribution in [2.24, 2.45) is 0 Å². The molecule has 0 fully saturated rings. The van der Waals surface area contributed by atoms with E-state index in [0.29, 0.717) is 17.6 Å². The van der Waals surface area contributed by atoms with Crippen molar-refractivity contribution in [1.29, 1.82) is 0 Å². The molecule has 3 rings (SSSR count). The molecule has 0 bridgehead atoms. The third-order valence-electron chi connectivity index (χ3n) is 2.92. The fourth-order valence-electron chi connectivity index (χ4n) is 1.82. The lowest BCUT2D eigenvalue weighted by Crippen LogP contribution is -2.31. The SMILES string of the molecule is O=C(NCCn1ncccc1=O)c1csc(Nc2ncccn2)n1. The Balaban J connectivity index is 1.54. The van der Waals surface area contributed by atoms with E-state index in [1.54, 1.807) is 29.9 Å². The zero-order valence-corrected chi connectivity index (χ0v) is 13.2. The maximum Gasteiger partial charge on any atom is 0.270 e. The third-order valence-corrected chi connectivity index (χ3v) is 3.67. The molecule has 0 unspecified atom stereocenters. The molecule has 3 heterocycles. The van der Waals surface area contributed by atoms with Crippen LogP contribution in [0, 0.1) is 0 Å². The molecule has 0 aliphatic heterocycles. The molecule has 3 aromatic heterocycles. The standard InChI is InChI=1S/C14H13N7O2S/c22-11-3-1-6-18-21(11)8-7-15-12(23)10-9-24-14(19-10)20-13-16-4-2-5-17-13/h1-6,9H,7-8H2,(H,15,23)(H,16,17,19,20). The highest BCUT2D eigenvalue weighted by atomic mass is 32.1. The second-order valence-electron chi connectivity index (χ2n) is 4.58. The summed E-state index contributed by atoms with van der Waals surface area (Å²) in [5.41, 5.74) is 0.0709. The maximum absolute atomic E-state index is 12.1. The van der Waals surface area contributed by atoms with Gasteiger partial charge in [-0.1, -0.05) is 0 Å². The number of rotatable bonds is 6. The number of nitrogens with zero attached hydrogens (tertiary/aromatic N) is 5.